The first kappa shape index (κ1) is 14.3. The van der Waals surface area contributed by atoms with Gasteiger partial charge in [0.25, 0.3) is 0 Å². The van der Waals surface area contributed by atoms with Gasteiger partial charge in [0, 0.05) is 13.0 Å². The van der Waals surface area contributed by atoms with Crippen molar-refractivity contribution in [2.45, 2.75) is 25.2 Å². The second kappa shape index (κ2) is 5.31. The standard InChI is InChI=1S/C14H13F3N2OS/c1-18-7-11-12(14(15,16)17)19-13(21-11)10-6-8-4-2-3-5-9(8)20-10/h2-5,10,18H,6-7H2,1H3. The van der Waals surface area contributed by atoms with E-state index in [1.165, 1.54) is 0 Å². The topological polar surface area (TPSA) is 34.1 Å². The van der Waals surface area contributed by atoms with Crippen LogP contribution in [0.5, 0.6) is 5.75 Å². The van der Waals surface area contributed by atoms with Crippen molar-refractivity contribution in [3.63, 3.8) is 0 Å². The summed E-state index contributed by atoms with van der Waals surface area (Å²) in [6.07, 6.45) is -4.31. The van der Waals surface area contributed by atoms with Gasteiger partial charge in [-0.2, -0.15) is 13.2 Å². The second-order valence-electron chi connectivity index (χ2n) is 4.77. The zero-order chi connectivity index (χ0) is 15.0. The summed E-state index contributed by atoms with van der Waals surface area (Å²) in [6, 6.07) is 7.47. The number of ether oxygens (including phenoxy) is 1. The quantitative estimate of drug-likeness (QED) is 0.940. The zero-order valence-electron chi connectivity index (χ0n) is 11.2. The number of benzene rings is 1. The Morgan fingerprint density at radius 2 is 2.14 bits per heavy atom. The molecule has 1 atom stereocenters. The van der Waals surface area contributed by atoms with Gasteiger partial charge in [-0.05, 0) is 18.7 Å². The van der Waals surface area contributed by atoms with Gasteiger partial charge < -0.3 is 10.1 Å². The number of thiazole rings is 1. The molecule has 0 aliphatic carbocycles. The van der Waals surface area contributed by atoms with Gasteiger partial charge >= 0.3 is 6.18 Å². The summed E-state index contributed by atoms with van der Waals surface area (Å²) in [5, 5.41) is 3.13. The first-order valence-electron chi connectivity index (χ1n) is 6.45. The highest BCUT2D eigenvalue weighted by Crippen LogP contribution is 2.41. The SMILES string of the molecule is CNCc1sc(C2Cc3ccccc3O2)nc1C(F)(F)F. The average Bonchev–Trinajstić information content (AvgIpc) is 3.01. The van der Waals surface area contributed by atoms with Crippen molar-refractivity contribution in [3.8, 4) is 5.75 Å². The Bertz CT molecular complexity index is 629. The van der Waals surface area contributed by atoms with Crippen LogP contribution in [0.1, 0.15) is 27.2 Å². The molecule has 1 aromatic heterocycles. The van der Waals surface area contributed by atoms with Gasteiger partial charge in [-0.25, -0.2) is 4.98 Å². The highest BCUT2D eigenvalue weighted by atomic mass is 32.1. The number of nitrogens with one attached hydrogen (secondary N) is 1. The smallest absolute Gasteiger partial charge is 0.434 e. The lowest BCUT2D eigenvalue weighted by Crippen LogP contribution is -2.13. The van der Waals surface area contributed by atoms with Crippen LogP contribution in [0.3, 0.4) is 0 Å². The van der Waals surface area contributed by atoms with Crippen LogP contribution in [0.25, 0.3) is 0 Å². The number of para-hydroxylation sites is 1. The number of hydrogen-bond acceptors (Lipinski definition) is 4. The third kappa shape index (κ3) is 2.75. The number of hydrogen-bond donors (Lipinski definition) is 1. The number of halogens is 3. The molecule has 21 heavy (non-hydrogen) atoms. The van der Waals surface area contributed by atoms with E-state index in [9.17, 15) is 13.2 Å². The summed E-state index contributed by atoms with van der Waals surface area (Å²) in [5.74, 6) is 0.724. The summed E-state index contributed by atoms with van der Waals surface area (Å²) in [5.41, 5.74) is 0.192. The molecule has 0 radical (unpaired) electrons. The molecule has 1 aliphatic rings. The lowest BCUT2D eigenvalue weighted by molar-refractivity contribution is -0.141. The number of rotatable bonds is 3. The van der Waals surface area contributed by atoms with Crippen molar-refractivity contribution >= 4 is 11.3 Å². The van der Waals surface area contributed by atoms with Crippen molar-refractivity contribution in [2.24, 2.45) is 0 Å². The molecule has 1 N–H and O–H groups in total. The fourth-order valence-corrected chi connectivity index (χ4v) is 3.46. The highest BCUT2D eigenvalue weighted by molar-refractivity contribution is 7.11. The molecule has 3 nitrogen and oxygen atoms in total. The van der Waals surface area contributed by atoms with E-state index in [4.69, 9.17) is 4.74 Å². The van der Waals surface area contributed by atoms with Crippen molar-refractivity contribution in [1.29, 1.82) is 0 Å². The van der Waals surface area contributed by atoms with Crippen LogP contribution in [-0.4, -0.2) is 12.0 Å². The maximum Gasteiger partial charge on any atom is 0.434 e. The fourth-order valence-electron chi connectivity index (χ4n) is 2.33. The van der Waals surface area contributed by atoms with Crippen molar-refractivity contribution in [2.75, 3.05) is 7.05 Å². The van der Waals surface area contributed by atoms with Gasteiger partial charge in [0.05, 0.1) is 4.88 Å². The Kier molecular flexibility index (Phi) is 3.62. The van der Waals surface area contributed by atoms with E-state index in [0.29, 0.717) is 11.4 Å². The molecule has 1 unspecified atom stereocenters. The Morgan fingerprint density at radius 3 is 2.81 bits per heavy atom. The predicted molar refractivity (Wildman–Crippen MR) is 73.4 cm³/mol. The third-order valence-corrected chi connectivity index (χ3v) is 4.39. The van der Waals surface area contributed by atoms with E-state index in [2.05, 4.69) is 10.3 Å². The largest absolute Gasteiger partial charge is 0.483 e. The van der Waals surface area contributed by atoms with E-state index in [1.807, 2.05) is 24.3 Å². The molecular formula is C14H13F3N2OS. The third-order valence-electron chi connectivity index (χ3n) is 3.24. The Morgan fingerprint density at radius 1 is 1.38 bits per heavy atom. The molecule has 112 valence electrons. The summed E-state index contributed by atoms with van der Waals surface area (Å²) < 4.78 is 44.7. The highest BCUT2D eigenvalue weighted by Gasteiger charge is 2.39. The minimum atomic E-state index is -4.44. The van der Waals surface area contributed by atoms with Crippen LogP contribution in [0.4, 0.5) is 13.2 Å². The van der Waals surface area contributed by atoms with Gasteiger partial charge in [-0.1, -0.05) is 18.2 Å². The molecule has 1 aliphatic heterocycles. The van der Waals surface area contributed by atoms with E-state index in [1.54, 1.807) is 7.05 Å². The molecule has 0 amide bonds. The first-order chi connectivity index (χ1) is 9.99. The monoisotopic (exact) mass is 314 g/mol. The minimum absolute atomic E-state index is 0.145. The van der Waals surface area contributed by atoms with Crippen LogP contribution in [0.15, 0.2) is 24.3 Å². The van der Waals surface area contributed by atoms with Gasteiger partial charge in [-0.3, -0.25) is 0 Å². The van der Waals surface area contributed by atoms with Crippen molar-refractivity contribution in [1.82, 2.24) is 10.3 Å². The minimum Gasteiger partial charge on any atom is -0.483 e. The Hall–Kier alpha value is -1.60. The molecule has 0 bridgehead atoms. The summed E-state index contributed by atoms with van der Waals surface area (Å²) in [7, 11) is 1.61. The molecule has 0 saturated heterocycles. The van der Waals surface area contributed by atoms with Crippen LogP contribution in [0, 0.1) is 0 Å². The number of aromatic nitrogens is 1. The second-order valence-corrected chi connectivity index (χ2v) is 5.89. The van der Waals surface area contributed by atoms with Gasteiger partial charge in [0.2, 0.25) is 0 Å². The molecular weight excluding hydrogens is 301 g/mol. The lowest BCUT2D eigenvalue weighted by atomic mass is 10.1. The Labute approximate surface area is 123 Å². The molecule has 2 aromatic rings. The van der Waals surface area contributed by atoms with Crippen LogP contribution in [-0.2, 0) is 19.1 Å². The molecule has 0 spiro atoms. The summed E-state index contributed by atoms with van der Waals surface area (Å²) in [6.45, 7) is 0.145. The maximum atomic E-state index is 13.0. The molecule has 3 rings (SSSR count). The van der Waals surface area contributed by atoms with E-state index in [-0.39, 0.29) is 11.4 Å². The number of nitrogens with zero attached hydrogens (tertiary/aromatic N) is 1. The van der Waals surface area contributed by atoms with Crippen LogP contribution in [0.2, 0.25) is 0 Å². The summed E-state index contributed by atoms with van der Waals surface area (Å²) >= 11 is 1.06. The van der Waals surface area contributed by atoms with E-state index >= 15 is 0 Å². The van der Waals surface area contributed by atoms with Crippen LogP contribution < -0.4 is 10.1 Å². The van der Waals surface area contributed by atoms with Gasteiger partial charge in [0.1, 0.15) is 10.8 Å². The Balaban J connectivity index is 1.91. The normalized spacial score (nSPS) is 17.6. The van der Waals surface area contributed by atoms with Crippen LogP contribution >= 0.6 is 11.3 Å². The van der Waals surface area contributed by atoms with Crippen molar-refractivity contribution < 1.29 is 17.9 Å². The zero-order valence-corrected chi connectivity index (χ0v) is 12.0. The molecule has 0 fully saturated rings. The van der Waals surface area contributed by atoms with E-state index in [0.717, 1.165) is 22.6 Å². The summed E-state index contributed by atoms with van der Waals surface area (Å²) in [4.78, 5) is 3.99. The molecule has 1 aromatic carbocycles. The fraction of sp³-hybridized carbons (Fsp3) is 0.357. The molecule has 2 heterocycles. The average molecular weight is 314 g/mol. The maximum absolute atomic E-state index is 13.0. The molecule has 7 heteroatoms. The predicted octanol–water partition coefficient (Wildman–Crippen LogP) is 3.56. The number of fused-ring (bicyclic) bond motifs is 1. The number of alkyl halides is 3. The van der Waals surface area contributed by atoms with Gasteiger partial charge in [0.15, 0.2) is 11.8 Å². The van der Waals surface area contributed by atoms with Crippen molar-refractivity contribution in [3.05, 3.63) is 45.4 Å². The van der Waals surface area contributed by atoms with E-state index < -0.39 is 18.0 Å². The first-order valence-corrected chi connectivity index (χ1v) is 7.26. The molecule has 0 saturated carbocycles. The lowest BCUT2D eigenvalue weighted by Gasteiger charge is -2.06. The van der Waals surface area contributed by atoms with Gasteiger partial charge in [-0.15, -0.1) is 11.3 Å².